The van der Waals surface area contributed by atoms with Crippen molar-refractivity contribution in [3.8, 4) is 0 Å². The molecular formula is C13H18ClFN2O. The van der Waals surface area contributed by atoms with E-state index in [2.05, 4.69) is 6.92 Å². The summed E-state index contributed by atoms with van der Waals surface area (Å²) in [5, 5.41) is 0. The molecule has 1 saturated heterocycles. The van der Waals surface area contributed by atoms with Crippen LogP contribution in [-0.2, 0) is 4.79 Å². The molecule has 18 heavy (non-hydrogen) atoms. The Hall–Kier alpha value is -1.13. The summed E-state index contributed by atoms with van der Waals surface area (Å²) in [7, 11) is 0. The van der Waals surface area contributed by atoms with E-state index in [0.29, 0.717) is 18.0 Å². The second kappa shape index (κ2) is 6.16. The number of rotatable bonds is 2. The third kappa shape index (κ3) is 2.82. The van der Waals surface area contributed by atoms with Crippen molar-refractivity contribution >= 4 is 18.3 Å². The van der Waals surface area contributed by atoms with Gasteiger partial charge < -0.3 is 10.6 Å². The highest BCUT2D eigenvalue weighted by atomic mass is 35.5. The monoisotopic (exact) mass is 272 g/mol. The van der Waals surface area contributed by atoms with Crippen LogP contribution in [0.25, 0.3) is 0 Å². The predicted octanol–water partition coefficient (Wildman–Crippen LogP) is 2.12. The van der Waals surface area contributed by atoms with E-state index >= 15 is 0 Å². The molecule has 0 radical (unpaired) electrons. The highest BCUT2D eigenvalue weighted by Crippen LogP contribution is 2.36. The maximum absolute atomic E-state index is 13.7. The van der Waals surface area contributed by atoms with Crippen molar-refractivity contribution in [3.63, 3.8) is 0 Å². The minimum Gasteiger partial charge on any atom is -0.334 e. The first kappa shape index (κ1) is 14.9. The molecule has 1 amide bonds. The molecule has 1 aliphatic heterocycles. The molecule has 2 unspecified atom stereocenters. The second-order valence-electron chi connectivity index (χ2n) is 4.63. The topological polar surface area (TPSA) is 46.3 Å². The molecule has 0 saturated carbocycles. The van der Waals surface area contributed by atoms with Crippen molar-refractivity contribution < 1.29 is 9.18 Å². The van der Waals surface area contributed by atoms with Crippen LogP contribution in [-0.4, -0.2) is 23.9 Å². The van der Waals surface area contributed by atoms with Gasteiger partial charge in [-0.2, -0.15) is 0 Å². The van der Waals surface area contributed by atoms with Crippen molar-refractivity contribution in [2.45, 2.75) is 19.4 Å². The van der Waals surface area contributed by atoms with Crippen LogP contribution in [0.5, 0.6) is 0 Å². The van der Waals surface area contributed by atoms with Crippen LogP contribution in [0, 0.1) is 11.7 Å². The third-order valence-corrected chi connectivity index (χ3v) is 3.27. The van der Waals surface area contributed by atoms with Gasteiger partial charge in [0.2, 0.25) is 5.91 Å². The second-order valence-corrected chi connectivity index (χ2v) is 4.63. The number of nitrogens with zero attached hydrogens (tertiary/aromatic N) is 1. The molecule has 0 aromatic heterocycles. The number of hydrogen-bond donors (Lipinski definition) is 1. The number of hydrogen-bond acceptors (Lipinski definition) is 2. The molecule has 0 spiro atoms. The summed E-state index contributed by atoms with van der Waals surface area (Å²) in [6, 6.07) is 6.47. The Labute approximate surface area is 113 Å². The van der Waals surface area contributed by atoms with Crippen LogP contribution in [0.2, 0.25) is 0 Å². The van der Waals surface area contributed by atoms with E-state index in [4.69, 9.17) is 5.73 Å². The normalized spacial score (nSPS) is 22.7. The molecule has 1 aromatic rings. The summed E-state index contributed by atoms with van der Waals surface area (Å²) in [4.78, 5) is 13.4. The first-order chi connectivity index (χ1) is 8.13. The molecule has 1 aliphatic rings. The van der Waals surface area contributed by atoms with E-state index in [-0.39, 0.29) is 36.7 Å². The van der Waals surface area contributed by atoms with E-state index in [0.717, 1.165) is 6.42 Å². The standard InChI is InChI=1S/C13H17FN2O.ClH/c1-9-6-12(16(8-9)13(17)7-15)10-4-2-3-5-11(10)14;/h2-5,9,12H,6-8,15H2,1H3;1H. The SMILES string of the molecule is CC1CC(c2ccccc2F)N(C(=O)CN)C1.Cl. The largest absolute Gasteiger partial charge is 0.334 e. The lowest BCUT2D eigenvalue weighted by Gasteiger charge is -2.24. The number of halogens is 2. The molecule has 1 heterocycles. The molecule has 3 nitrogen and oxygen atoms in total. The van der Waals surface area contributed by atoms with Crippen molar-refractivity contribution in [2.24, 2.45) is 11.7 Å². The average Bonchev–Trinajstić information content (AvgIpc) is 2.71. The lowest BCUT2D eigenvalue weighted by atomic mass is 10.0. The lowest BCUT2D eigenvalue weighted by Crippen LogP contribution is -2.36. The molecule has 2 N–H and O–H groups in total. The molecule has 2 rings (SSSR count). The zero-order valence-corrected chi connectivity index (χ0v) is 11.1. The summed E-state index contributed by atoms with van der Waals surface area (Å²) >= 11 is 0. The molecule has 100 valence electrons. The van der Waals surface area contributed by atoms with Gasteiger partial charge in [-0.1, -0.05) is 25.1 Å². The summed E-state index contributed by atoms with van der Waals surface area (Å²) in [5.41, 5.74) is 5.99. The van der Waals surface area contributed by atoms with E-state index in [9.17, 15) is 9.18 Å². The highest BCUT2D eigenvalue weighted by Gasteiger charge is 2.34. The smallest absolute Gasteiger partial charge is 0.236 e. The van der Waals surface area contributed by atoms with Gasteiger partial charge in [0.1, 0.15) is 5.82 Å². The Bertz CT molecular complexity index is 427. The highest BCUT2D eigenvalue weighted by molar-refractivity contribution is 5.85. The first-order valence-electron chi connectivity index (χ1n) is 5.87. The zero-order chi connectivity index (χ0) is 12.4. The van der Waals surface area contributed by atoms with Crippen molar-refractivity contribution in [2.75, 3.05) is 13.1 Å². The van der Waals surface area contributed by atoms with Gasteiger partial charge in [0.25, 0.3) is 0 Å². The molecule has 1 fully saturated rings. The zero-order valence-electron chi connectivity index (χ0n) is 10.3. The minimum absolute atomic E-state index is 0. The quantitative estimate of drug-likeness (QED) is 0.896. The minimum atomic E-state index is -0.249. The Morgan fingerprint density at radius 1 is 1.50 bits per heavy atom. The number of nitrogens with two attached hydrogens (primary N) is 1. The van der Waals surface area contributed by atoms with E-state index in [1.807, 2.05) is 0 Å². The van der Waals surface area contributed by atoms with Gasteiger partial charge in [0, 0.05) is 12.1 Å². The summed E-state index contributed by atoms with van der Waals surface area (Å²) in [6.45, 7) is 2.71. The average molecular weight is 273 g/mol. The Morgan fingerprint density at radius 3 is 2.78 bits per heavy atom. The number of carbonyl (C=O) groups is 1. The maximum Gasteiger partial charge on any atom is 0.236 e. The third-order valence-electron chi connectivity index (χ3n) is 3.27. The fourth-order valence-corrected chi connectivity index (χ4v) is 2.48. The van der Waals surface area contributed by atoms with Crippen molar-refractivity contribution in [1.82, 2.24) is 4.90 Å². The van der Waals surface area contributed by atoms with Crippen molar-refractivity contribution in [1.29, 1.82) is 0 Å². The molecule has 0 aliphatic carbocycles. The number of likely N-dealkylation sites (tertiary alicyclic amines) is 1. The van der Waals surface area contributed by atoms with Crippen LogP contribution in [0.3, 0.4) is 0 Å². The van der Waals surface area contributed by atoms with Crippen LogP contribution in [0.4, 0.5) is 4.39 Å². The number of carbonyl (C=O) groups excluding carboxylic acids is 1. The molecule has 5 heteroatoms. The van der Waals surface area contributed by atoms with Gasteiger partial charge in [-0.05, 0) is 18.4 Å². The van der Waals surface area contributed by atoms with Gasteiger partial charge in [-0.3, -0.25) is 4.79 Å². The predicted molar refractivity (Wildman–Crippen MR) is 70.9 cm³/mol. The molecule has 1 aromatic carbocycles. The fraction of sp³-hybridized carbons (Fsp3) is 0.462. The van der Waals surface area contributed by atoms with Crippen LogP contribution in [0.15, 0.2) is 24.3 Å². The fourth-order valence-electron chi connectivity index (χ4n) is 2.48. The Morgan fingerprint density at radius 2 is 2.17 bits per heavy atom. The van der Waals surface area contributed by atoms with Crippen LogP contribution >= 0.6 is 12.4 Å². The van der Waals surface area contributed by atoms with Crippen molar-refractivity contribution in [3.05, 3.63) is 35.6 Å². The lowest BCUT2D eigenvalue weighted by molar-refractivity contribution is -0.130. The Balaban J connectivity index is 0.00000162. The maximum atomic E-state index is 13.7. The number of amides is 1. The van der Waals surface area contributed by atoms with Gasteiger partial charge in [0.15, 0.2) is 0 Å². The first-order valence-corrected chi connectivity index (χ1v) is 5.87. The molecule has 2 atom stereocenters. The number of benzene rings is 1. The van der Waals surface area contributed by atoms with Gasteiger partial charge >= 0.3 is 0 Å². The van der Waals surface area contributed by atoms with E-state index < -0.39 is 0 Å². The van der Waals surface area contributed by atoms with Crippen LogP contribution < -0.4 is 5.73 Å². The van der Waals surface area contributed by atoms with E-state index in [1.54, 1.807) is 23.1 Å². The summed E-state index contributed by atoms with van der Waals surface area (Å²) in [6.07, 6.45) is 0.798. The summed E-state index contributed by atoms with van der Waals surface area (Å²) < 4.78 is 13.7. The van der Waals surface area contributed by atoms with Crippen LogP contribution in [0.1, 0.15) is 24.9 Å². The van der Waals surface area contributed by atoms with Gasteiger partial charge in [-0.15, -0.1) is 12.4 Å². The molecule has 0 bridgehead atoms. The molecular weight excluding hydrogens is 255 g/mol. The van der Waals surface area contributed by atoms with Gasteiger partial charge in [0.05, 0.1) is 12.6 Å². The Kier molecular flexibility index (Phi) is 5.11. The summed E-state index contributed by atoms with van der Waals surface area (Å²) in [5.74, 6) is 0.0270. The van der Waals surface area contributed by atoms with Gasteiger partial charge in [-0.25, -0.2) is 4.39 Å². The van der Waals surface area contributed by atoms with E-state index in [1.165, 1.54) is 6.07 Å².